The van der Waals surface area contributed by atoms with Crippen LogP contribution in [0.5, 0.6) is 0 Å². The van der Waals surface area contributed by atoms with Crippen molar-refractivity contribution in [3.8, 4) is 0 Å². The molecule has 0 aromatic rings. The highest BCUT2D eigenvalue weighted by atomic mass is 31.2. The Labute approximate surface area is 638 Å². The lowest BCUT2D eigenvalue weighted by atomic mass is 9.99. The third kappa shape index (κ3) is 76.8. The molecule has 0 saturated carbocycles. The van der Waals surface area contributed by atoms with Crippen molar-refractivity contribution in [1.82, 2.24) is 0 Å². The lowest BCUT2D eigenvalue weighted by Gasteiger charge is -2.21. The summed E-state index contributed by atoms with van der Waals surface area (Å²) in [7, 11) is -9.93. The van der Waals surface area contributed by atoms with Gasteiger partial charge in [-0.3, -0.25) is 37.3 Å². The molecular weight excluding hydrogens is 1350 g/mol. The van der Waals surface area contributed by atoms with Crippen LogP contribution in [0.4, 0.5) is 0 Å². The molecule has 0 fully saturated rings. The van der Waals surface area contributed by atoms with Crippen molar-refractivity contribution in [2.75, 3.05) is 39.6 Å². The number of phosphoric ester groups is 2. The molecule has 104 heavy (non-hydrogen) atoms. The van der Waals surface area contributed by atoms with Gasteiger partial charge in [0.2, 0.25) is 0 Å². The van der Waals surface area contributed by atoms with Gasteiger partial charge in [-0.2, -0.15) is 0 Å². The molecule has 3 N–H and O–H groups in total. The molecule has 0 amide bonds. The molecule has 0 heterocycles. The molecule has 0 aliphatic rings. The number of carbonyl (C=O) groups is 4. The van der Waals surface area contributed by atoms with Gasteiger partial charge in [-0.05, 0) is 37.5 Å². The van der Waals surface area contributed by atoms with Crippen LogP contribution in [0.25, 0.3) is 0 Å². The standard InChI is InChI=1S/C85H166O17P2/c1-7-10-12-14-16-18-20-22-24-25-26-27-28-30-36-40-44-52-58-64-70-84(89)101-80(73-95-82(87)67-61-55-49-42-38-34-32-31-33-37-41-48-54-60-66-78(6)9-3)75-99-103(91,92)97-71-79(86)72-98-104(93,94)100-76-81(74-96-83(88)68-62-56-50-46-45-47-53-59-65-77(4)5)102-85(90)69-63-57-51-43-39-35-29-23-21-19-17-15-13-11-8-2/h77-81,86H,7-76H2,1-6H3,(H,91,92)(H,93,94)/t78?,79-,80-,81-/m1/s1. The van der Waals surface area contributed by atoms with Gasteiger partial charge in [0.1, 0.15) is 19.3 Å². The highest BCUT2D eigenvalue weighted by molar-refractivity contribution is 7.47. The first-order valence-corrected chi connectivity index (χ1v) is 47.0. The van der Waals surface area contributed by atoms with Gasteiger partial charge < -0.3 is 33.8 Å². The lowest BCUT2D eigenvalue weighted by Crippen LogP contribution is -2.30. The maximum atomic E-state index is 13.1. The first-order chi connectivity index (χ1) is 50.4. The fraction of sp³-hybridized carbons (Fsp3) is 0.953. The number of aliphatic hydroxyl groups is 1. The summed E-state index contributed by atoms with van der Waals surface area (Å²) in [6.45, 7) is 9.69. The van der Waals surface area contributed by atoms with E-state index in [1.807, 2.05) is 0 Å². The number of phosphoric acid groups is 2. The minimum absolute atomic E-state index is 0.108. The summed E-state index contributed by atoms with van der Waals surface area (Å²) >= 11 is 0. The van der Waals surface area contributed by atoms with E-state index < -0.39 is 97.5 Å². The second-order valence-corrected chi connectivity index (χ2v) is 34.2. The first kappa shape index (κ1) is 102. The van der Waals surface area contributed by atoms with Crippen molar-refractivity contribution in [3.63, 3.8) is 0 Å². The molecule has 0 radical (unpaired) electrons. The van der Waals surface area contributed by atoms with Crippen LogP contribution in [0.2, 0.25) is 0 Å². The molecule has 0 rings (SSSR count). The van der Waals surface area contributed by atoms with Crippen LogP contribution >= 0.6 is 15.6 Å². The summed E-state index contributed by atoms with van der Waals surface area (Å²) in [6.07, 6.45) is 68.0. The van der Waals surface area contributed by atoms with E-state index in [1.54, 1.807) is 0 Å². The number of aliphatic hydroxyl groups excluding tert-OH is 1. The smallest absolute Gasteiger partial charge is 0.462 e. The number of hydrogen-bond acceptors (Lipinski definition) is 15. The SMILES string of the molecule is CCCCCCCCCCCCCCCCCCCCCCC(=O)O[C@H](COC(=O)CCCCCCCCCCCCCCCCC(C)CC)COP(=O)(O)OC[C@@H](O)COP(=O)(O)OC[C@@H](COC(=O)CCCCCCCCCCC(C)C)OC(=O)CCCCCCCCCCCCCCCCC. The van der Waals surface area contributed by atoms with Crippen LogP contribution in [-0.4, -0.2) is 96.7 Å². The van der Waals surface area contributed by atoms with Crippen molar-refractivity contribution in [3.05, 3.63) is 0 Å². The van der Waals surface area contributed by atoms with Crippen molar-refractivity contribution in [2.45, 2.75) is 471 Å². The van der Waals surface area contributed by atoms with E-state index in [4.69, 9.17) is 37.0 Å². The zero-order valence-electron chi connectivity index (χ0n) is 68.3. The summed E-state index contributed by atoms with van der Waals surface area (Å²) in [6, 6.07) is 0. The van der Waals surface area contributed by atoms with Gasteiger partial charge in [0, 0.05) is 25.7 Å². The Bertz CT molecular complexity index is 2000. The summed E-state index contributed by atoms with van der Waals surface area (Å²) < 4.78 is 68.9. The fourth-order valence-electron chi connectivity index (χ4n) is 13.2. The fourth-order valence-corrected chi connectivity index (χ4v) is 14.8. The van der Waals surface area contributed by atoms with Crippen molar-refractivity contribution in [2.24, 2.45) is 11.8 Å². The van der Waals surface area contributed by atoms with Gasteiger partial charge in [-0.25, -0.2) is 9.13 Å². The quantitative estimate of drug-likeness (QED) is 0.0222. The predicted octanol–water partition coefficient (Wildman–Crippen LogP) is 25.8. The molecule has 0 spiro atoms. The molecule has 0 bridgehead atoms. The Balaban J connectivity index is 5.25. The number of carbonyl (C=O) groups excluding carboxylic acids is 4. The number of unbranched alkanes of at least 4 members (excludes halogenated alkanes) is 53. The lowest BCUT2D eigenvalue weighted by molar-refractivity contribution is -0.161. The second-order valence-electron chi connectivity index (χ2n) is 31.3. The zero-order valence-corrected chi connectivity index (χ0v) is 70.1. The third-order valence-electron chi connectivity index (χ3n) is 20.3. The highest BCUT2D eigenvalue weighted by Crippen LogP contribution is 2.45. The largest absolute Gasteiger partial charge is 0.472 e. The molecule has 0 aromatic heterocycles. The minimum Gasteiger partial charge on any atom is -0.462 e. The van der Waals surface area contributed by atoms with Gasteiger partial charge in [-0.15, -0.1) is 0 Å². The molecular formula is C85H166O17P2. The average Bonchev–Trinajstić information content (AvgIpc) is 0.909. The Kier molecular flexibility index (Phi) is 75.0. The van der Waals surface area contributed by atoms with E-state index in [0.717, 1.165) is 102 Å². The van der Waals surface area contributed by atoms with E-state index in [2.05, 4.69) is 41.5 Å². The molecule has 0 aliphatic carbocycles. The Morgan fingerprint density at radius 1 is 0.279 bits per heavy atom. The topological polar surface area (TPSA) is 237 Å². The zero-order chi connectivity index (χ0) is 76.4. The van der Waals surface area contributed by atoms with Crippen LogP contribution in [-0.2, 0) is 65.4 Å². The van der Waals surface area contributed by atoms with E-state index in [-0.39, 0.29) is 25.7 Å². The molecule has 6 atom stereocenters. The van der Waals surface area contributed by atoms with Gasteiger partial charge in [-0.1, -0.05) is 401 Å². The van der Waals surface area contributed by atoms with E-state index in [9.17, 15) is 43.2 Å². The monoisotopic (exact) mass is 1520 g/mol. The maximum absolute atomic E-state index is 13.1. The summed E-state index contributed by atoms with van der Waals surface area (Å²) in [5.74, 6) is -0.526. The molecule has 3 unspecified atom stereocenters. The van der Waals surface area contributed by atoms with E-state index in [0.29, 0.717) is 25.7 Å². The number of ether oxygens (including phenoxy) is 4. The van der Waals surface area contributed by atoms with Crippen LogP contribution in [0.15, 0.2) is 0 Å². The summed E-state index contributed by atoms with van der Waals surface area (Å²) in [4.78, 5) is 73.2. The van der Waals surface area contributed by atoms with Crippen molar-refractivity contribution in [1.29, 1.82) is 0 Å². The second kappa shape index (κ2) is 76.4. The van der Waals surface area contributed by atoms with Crippen LogP contribution in [0.3, 0.4) is 0 Å². The van der Waals surface area contributed by atoms with Gasteiger partial charge in [0.25, 0.3) is 0 Å². The molecule has 0 aromatic carbocycles. The van der Waals surface area contributed by atoms with Crippen LogP contribution in [0.1, 0.15) is 452 Å². The molecule has 17 nitrogen and oxygen atoms in total. The molecule has 0 saturated heterocycles. The normalized spacial score (nSPS) is 14.1. The summed E-state index contributed by atoms with van der Waals surface area (Å²) in [5, 5.41) is 10.7. The van der Waals surface area contributed by atoms with Gasteiger partial charge in [0.15, 0.2) is 12.2 Å². The average molecular weight is 1520 g/mol. The number of rotatable bonds is 84. The molecule has 0 aliphatic heterocycles. The Morgan fingerprint density at radius 2 is 0.490 bits per heavy atom. The molecule has 618 valence electrons. The highest BCUT2D eigenvalue weighted by Gasteiger charge is 2.30. The summed E-state index contributed by atoms with van der Waals surface area (Å²) in [5.41, 5.74) is 0. The Hall–Kier alpha value is -1.94. The molecule has 19 heteroatoms. The third-order valence-corrected chi connectivity index (χ3v) is 22.2. The maximum Gasteiger partial charge on any atom is 0.472 e. The first-order valence-electron chi connectivity index (χ1n) is 44.0. The predicted molar refractivity (Wildman–Crippen MR) is 428 cm³/mol. The Morgan fingerprint density at radius 3 is 0.731 bits per heavy atom. The minimum atomic E-state index is -4.97. The van der Waals surface area contributed by atoms with E-state index >= 15 is 0 Å². The number of hydrogen-bond donors (Lipinski definition) is 3. The van der Waals surface area contributed by atoms with Gasteiger partial charge in [0.05, 0.1) is 26.4 Å². The van der Waals surface area contributed by atoms with Crippen LogP contribution in [0, 0.1) is 11.8 Å². The van der Waals surface area contributed by atoms with Gasteiger partial charge >= 0.3 is 39.5 Å². The van der Waals surface area contributed by atoms with Crippen LogP contribution < -0.4 is 0 Å². The van der Waals surface area contributed by atoms with Crippen molar-refractivity contribution >= 4 is 39.5 Å². The number of esters is 4. The van der Waals surface area contributed by atoms with E-state index in [1.165, 1.54) is 270 Å². The van der Waals surface area contributed by atoms with Crippen molar-refractivity contribution < 1.29 is 80.2 Å².